The number of hydroxylamine groups is 3. The van der Waals surface area contributed by atoms with Crippen LogP contribution in [0.5, 0.6) is 0 Å². The van der Waals surface area contributed by atoms with Gasteiger partial charge in [-0.25, -0.2) is 5.06 Å². The highest BCUT2D eigenvalue weighted by atomic mass is 16.5. The van der Waals surface area contributed by atoms with E-state index in [0.29, 0.717) is 0 Å². The predicted octanol–water partition coefficient (Wildman–Crippen LogP) is 0.392. The number of carbonyl (C=O) groups excluding carboxylic acids is 1. The molecule has 2 atom stereocenters. The Kier molecular flexibility index (Phi) is 2.19. The van der Waals surface area contributed by atoms with Crippen LogP contribution < -0.4 is 0 Å². The molecule has 78 valence electrons. The van der Waals surface area contributed by atoms with Crippen molar-refractivity contribution >= 4 is 11.6 Å². The Labute approximate surface area is 82.2 Å². The Morgan fingerprint density at radius 3 is 2.79 bits per heavy atom. The van der Waals surface area contributed by atoms with Gasteiger partial charge in [0.05, 0.1) is 0 Å². The van der Waals surface area contributed by atoms with Crippen molar-refractivity contribution in [3.05, 3.63) is 0 Å². The quantitative estimate of drug-likeness (QED) is 0.337. The topological polar surface area (TPSA) is 63.8 Å². The minimum Gasteiger partial charge on any atom is -0.290 e. The highest BCUT2D eigenvalue weighted by Crippen LogP contribution is 2.26. The van der Waals surface area contributed by atoms with Crippen LogP contribution in [0.15, 0.2) is 0 Å². The second-order valence-corrected chi connectivity index (χ2v) is 4.00. The molecule has 2 unspecified atom stereocenters. The number of rotatable bonds is 0. The van der Waals surface area contributed by atoms with Crippen LogP contribution in [-0.2, 0) is 4.79 Å². The smallest absolute Gasteiger partial charge is 0.290 e. The summed E-state index contributed by atoms with van der Waals surface area (Å²) in [5.74, 6) is -0.490. The van der Waals surface area contributed by atoms with Gasteiger partial charge in [0.1, 0.15) is 6.04 Å². The molecule has 2 rings (SSSR count). The standard InChI is InChI=1S/C9H15N2O3/c1-6-9(12)11(14)8-5-3-2-4-7(8)10(6)13/h7-8,13-14H,2-5H2,1H3/q+1. The molecule has 0 saturated heterocycles. The second-order valence-electron chi connectivity index (χ2n) is 4.00. The number of fused-ring (bicyclic) bond motifs is 1. The molecule has 2 aliphatic rings. The lowest BCUT2D eigenvalue weighted by molar-refractivity contribution is -0.806. The van der Waals surface area contributed by atoms with Gasteiger partial charge in [0.2, 0.25) is 6.04 Å². The first-order valence-electron chi connectivity index (χ1n) is 4.97. The zero-order chi connectivity index (χ0) is 10.3. The van der Waals surface area contributed by atoms with Crippen LogP contribution >= 0.6 is 0 Å². The van der Waals surface area contributed by atoms with E-state index >= 15 is 0 Å². The van der Waals surface area contributed by atoms with Crippen molar-refractivity contribution in [2.24, 2.45) is 0 Å². The van der Waals surface area contributed by atoms with E-state index in [9.17, 15) is 15.2 Å². The van der Waals surface area contributed by atoms with Crippen molar-refractivity contribution < 1.29 is 19.9 Å². The first-order chi connectivity index (χ1) is 6.63. The summed E-state index contributed by atoms with van der Waals surface area (Å²) in [6.07, 6.45) is 3.62. The molecule has 1 aliphatic heterocycles. The summed E-state index contributed by atoms with van der Waals surface area (Å²) in [5, 5.41) is 20.1. The molecule has 0 radical (unpaired) electrons. The van der Waals surface area contributed by atoms with Gasteiger partial charge in [0.15, 0.2) is 0 Å². The third-order valence-electron chi connectivity index (χ3n) is 3.18. The van der Waals surface area contributed by atoms with Gasteiger partial charge in [-0.2, -0.15) is 0 Å². The molecule has 1 aliphatic carbocycles. The van der Waals surface area contributed by atoms with Gasteiger partial charge in [-0.1, -0.05) is 6.42 Å². The molecular weight excluding hydrogens is 184 g/mol. The molecule has 0 bridgehead atoms. The normalized spacial score (nSPS) is 33.3. The maximum Gasteiger partial charge on any atom is 0.341 e. The molecule has 5 nitrogen and oxygen atoms in total. The molecular formula is C9H15N2O3+. The van der Waals surface area contributed by atoms with Crippen LogP contribution in [0.3, 0.4) is 0 Å². The average Bonchev–Trinajstić information content (AvgIpc) is 2.23. The number of hydrogen-bond donors (Lipinski definition) is 2. The Morgan fingerprint density at radius 2 is 2.07 bits per heavy atom. The second kappa shape index (κ2) is 3.24. The van der Waals surface area contributed by atoms with Crippen LogP contribution in [0.2, 0.25) is 0 Å². The van der Waals surface area contributed by atoms with E-state index in [2.05, 4.69) is 0 Å². The molecule has 0 aromatic carbocycles. The molecule has 1 fully saturated rings. The van der Waals surface area contributed by atoms with Crippen molar-refractivity contribution in [2.75, 3.05) is 0 Å². The fourth-order valence-corrected chi connectivity index (χ4v) is 2.33. The molecule has 0 aromatic rings. The van der Waals surface area contributed by atoms with Gasteiger partial charge >= 0.3 is 5.91 Å². The summed E-state index contributed by atoms with van der Waals surface area (Å²) in [4.78, 5) is 11.4. The fourth-order valence-electron chi connectivity index (χ4n) is 2.33. The van der Waals surface area contributed by atoms with Gasteiger partial charge in [-0.3, -0.25) is 15.2 Å². The van der Waals surface area contributed by atoms with Crippen molar-refractivity contribution in [1.29, 1.82) is 0 Å². The zero-order valence-corrected chi connectivity index (χ0v) is 8.18. The van der Waals surface area contributed by atoms with Crippen LogP contribution in [0.1, 0.15) is 32.6 Å². The van der Waals surface area contributed by atoms with Crippen LogP contribution in [0.4, 0.5) is 0 Å². The summed E-state index contributed by atoms with van der Waals surface area (Å²) in [6, 6.07) is -0.378. The molecule has 1 amide bonds. The molecule has 0 aromatic heterocycles. The number of nitrogens with zero attached hydrogens (tertiary/aromatic N) is 2. The van der Waals surface area contributed by atoms with Crippen molar-refractivity contribution in [3.8, 4) is 0 Å². The van der Waals surface area contributed by atoms with Crippen LogP contribution in [0.25, 0.3) is 0 Å². The summed E-state index contributed by atoms with van der Waals surface area (Å²) in [6.45, 7) is 1.52. The van der Waals surface area contributed by atoms with Gasteiger partial charge in [0, 0.05) is 13.3 Å². The van der Waals surface area contributed by atoms with Crippen molar-refractivity contribution in [3.63, 3.8) is 0 Å². The van der Waals surface area contributed by atoms with Gasteiger partial charge in [0.25, 0.3) is 5.71 Å². The maximum absolute atomic E-state index is 11.4. The van der Waals surface area contributed by atoms with Gasteiger partial charge in [-0.05, 0) is 17.6 Å². The van der Waals surface area contributed by atoms with Gasteiger partial charge in [-0.15, -0.1) is 0 Å². The molecule has 1 saturated carbocycles. The average molecular weight is 199 g/mol. The molecule has 2 N–H and O–H groups in total. The van der Waals surface area contributed by atoms with Crippen LogP contribution in [0, 0.1) is 0 Å². The SMILES string of the molecule is CC1=[N+](O)C2CCCCC2N(O)C1=O. The van der Waals surface area contributed by atoms with E-state index in [1.54, 1.807) is 0 Å². The Bertz CT molecular complexity index is 300. The van der Waals surface area contributed by atoms with E-state index in [1.807, 2.05) is 0 Å². The largest absolute Gasteiger partial charge is 0.341 e. The molecule has 5 heteroatoms. The molecule has 14 heavy (non-hydrogen) atoms. The van der Waals surface area contributed by atoms with Crippen molar-refractivity contribution in [1.82, 2.24) is 5.06 Å². The van der Waals surface area contributed by atoms with E-state index in [-0.39, 0.29) is 17.8 Å². The minimum absolute atomic E-state index is 0.133. The third-order valence-corrected chi connectivity index (χ3v) is 3.18. The summed E-state index contributed by atoms with van der Waals surface area (Å²) < 4.78 is 1.03. The highest BCUT2D eigenvalue weighted by molar-refractivity contribution is 6.35. The van der Waals surface area contributed by atoms with E-state index in [1.165, 1.54) is 6.92 Å². The predicted molar refractivity (Wildman–Crippen MR) is 47.4 cm³/mol. The first-order valence-corrected chi connectivity index (χ1v) is 4.97. The number of hydrogen-bond acceptors (Lipinski definition) is 3. The highest BCUT2D eigenvalue weighted by Gasteiger charge is 2.47. The lowest BCUT2D eigenvalue weighted by Crippen LogP contribution is -2.58. The molecule has 0 spiro atoms. The fraction of sp³-hybridized carbons (Fsp3) is 0.778. The zero-order valence-electron chi connectivity index (χ0n) is 8.18. The maximum atomic E-state index is 11.4. The first kappa shape index (κ1) is 9.45. The lowest BCUT2D eigenvalue weighted by Gasteiger charge is -2.34. The number of carbonyl (C=O) groups is 1. The summed E-state index contributed by atoms with van der Waals surface area (Å²) >= 11 is 0. The molecule has 1 heterocycles. The lowest BCUT2D eigenvalue weighted by atomic mass is 9.88. The Hall–Kier alpha value is -1.10. The van der Waals surface area contributed by atoms with Gasteiger partial charge < -0.3 is 0 Å². The van der Waals surface area contributed by atoms with E-state index in [4.69, 9.17) is 0 Å². The summed E-state index contributed by atoms with van der Waals surface area (Å²) in [5.41, 5.74) is 0.204. The van der Waals surface area contributed by atoms with Crippen LogP contribution in [-0.4, -0.2) is 43.9 Å². The summed E-state index contributed by atoms with van der Waals surface area (Å²) in [7, 11) is 0. The third kappa shape index (κ3) is 1.19. The monoisotopic (exact) mass is 199 g/mol. The Balaban J connectivity index is 2.36. The van der Waals surface area contributed by atoms with E-state index < -0.39 is 5.91 Å². The van der Waals surface area contributed by atoms with Crippen molar-refractivity contribution in [2.45, 2.75) is 44.7 Å². The minimum atomic E-state index is -0.490. The number of amides is 1. The Morgan fingerprint density at radius 1 is 1.43 bits per heavy atom. The van der Waals surface area contributed by atoms with E-state index in [0.717, 1.165) is 35.5 Å².